The molecule has 3 atom stereocenters. The average molecular weight is 359 g/mol. The lowest BCUT2D eigenvalue weighted by atomic mass is 10.1. The van der Waals surface area contributed by atoms with E-state index in [2.05, 4.69) is 0 Å². The van der Waals surface area contributed by atoms with Crippen molar-refractivity contribution in [1.82, 2.24) is 0 Å². The van der Waals surface area contributed by atoms with Gasteiger partial charge in [-0.15, -0.1) is 0 Å². The monoisotopic (exact) mass is 358 g/mol. The summed E-state index contributed by atoms with van der Waals surface area (Å²) in [5.74, 6) is 0. The third-order valence-electron chi connectivity index (χ3n) is 4.46. The van der Waals surface area contributed by atoms with Crippen LogP contribution in [0.1, 0.15) is 43.6 Å². The Morgan fingerprint density at radius 1 is 0.808 bits per heavy atom. The number of benzene rings is 2. The van der Waals surface area contributed by atoms with E-state index in [9.17, 15) is 10.2 Å². The van der Waals surface area contributed by atoms with Gasteiger partial charge in [-0.05, 0) is 25.0 Å². The van der Waals surface area contributed by atoms with Crippen molar-refractivity contribution in [3.63, 3.8) is 0 Å². The van der Waals surface area contributed by atoms with E-state index in [1.165, 1.54) is 4.90 Å². The minimum Gasteiger partial charge on any atom is -0.382 e. The van der Waals surface area contributed by atoms with Crippen molar-refractivity contribution in [3.8, 4) is 0 Å². The van der Waals surface area contributed by atoms with E-state index in [0.717, 1.165) is 24.1 Å². The van der Waals surface area contributed by atoms with Crippen LogP contribution >= 0.6 is 0 Å². The molecule has 4 heteroatoms. The Bertz CT molecular complexity index is 556. The second kappa shape index (κ2) is 11.1. The molecule has 4 nitrogen and oxygen atoms in total. The molecule has 0 fully saturated rings. The van der Waals surface area contributed by atoms with Crippen molar-refractivity contribution in [1.29, 1.82) is 0 Å². The summed E-state index contributed by atoms with van der Waals surface area (Å²) in [7, 11) is 0. The van der Waals surface area contributed by atoms with Gasteiger partial charge in [-0.1, -0.05) is 60.7 Å². The third kappa shape index (κ3) is 7.26. The van der Waals surface area contributed by atoms with Gasteiger partial charge in [0.05, 0.1) is 19.3 Å². The summed E-state index contributed by atoms with van der Waals surface area (Å²) in [4.78, 5) is 1.17. The number of hydrogen-bond donors (Lipinski definition) is 3. The first-order valence-corrected chi connectivity index (χ1v) is 9.47. The Hall–Kier alpha value is -1.72. The molecule has 0 aliphatic heterocycles. The minimum atomic E-state index is -0.541. The molecule has 0 heterocycles. The van der Waals surface area contributed by atoms with Crippen LogP contribution in [0.15, 0.2) is 60.7 Å². The predicted molar refractivity (Wildman–Crippen MR) is 104 cm³/mol. The zero-order valence-corrected chi connectivity index (χ0v) is 15.8. The van der Waals surface area contributed by atoms with Crippen molar-refractivity contribution in [2.24, 2.45) is 0 Å². The van der Waals surface area contributed by atoms with Gasteiger partial charge in [-0.3, -0.25) is 0 Å². The fraction of sp³-hybridized carbons (Fsp3) is 0.455. The van der Waals surface area contributed by atoms with E-state index in [-0.39, 0.29) is 6.10 Å². The molecule has 0 radical (unpaired) electrons. The van der Waals surface area contributed by atoms with Crippen LogP contribution in [-0.4, -0.2) is 42.6 Å². The highest BCUT2D eigenvalue weighted by atomic mass is 16.5. The van der Waals surface area contributed by atoms with Gasteiger partial charge in [0.2, 0.25) is 0 Å². The predicted octanol–water partition coefficient (Wildman–Crippen LogP) is 2.15. The molecule has 0 saturated carbocycles. The van der Waals surface area contributed by atoms with Crippen LogP contribution in [0.2, 0.25) is 0 Å². The molecule has 2 aromatic rings. The van der Waals surface area contributed by atoms with Gasteiger partial charge in [-0.25, -0.2) is 0 Å². The van der Waals surface area contributed by atoms with Crippen LogP contribution in [-0.2, 0) is 4.74 Å². The molecule has 2 rings (SSSR count). The highest BCUT2D eigenvalue weighted by molar-refractivity contribution is 5.18. The molecular formula is C22H32NO3+. The average Bonchev–Trinajstić information content (AvgIpc) is 2.66. The van der Waals surface area contributed by atoms with Gasteiger partial charge in [0.15, 0.2) is 0 Å². The molecular weight excluding hydrogens is 326 g/mol. The quantitative estimate of drug-likeness (QED) is 0.540. The van der Waals surface area contributed by atoms with Gasteiger partial charge >= 0.3 is 0 Å². The number of aliphatic hydroxyl groups is 2. The van der Waals surface area contributed by atoms with E-state index in [1.807, 2.05) is 74.5 Å². The highest BCUT2D eigenvalue weighted by Crippen LogP contribution is 2.12. The normalized spacial score (nSPS) is 15.0. The van der Waals surface area contributed by atoms with Crippen molar-refractivity contribution in [2.45, 2.75) is 38.6 Å². The Balaban J connectivity index is 1.96. The highest BCUT2D eigenvalue weighted by Gasteiger charge is 2.21. The molecule has 142 valence electrons. The largest absolute Gasteiger partial charge is 0.382 e. The summed E-state index contributed by atoms with van der Waals surface area (Å²) in [5.41, 5.74) is 1.83. The molecule has 0 aliphatic rings. The molecule has 2 aromatic carbocycles. The summed E-state index contributed by atoms with van der Waals surface area (Å²) in [6.45, 7) is 6.74. The SMILES string of the molecule is CC(C)OCCC[NH+](C[C@@H](O)c1ccccc1)C[C@H](O)c1ccccc1. The third-order valence-corrected chi connectivity index (χ3v) is 4.46. The summed E-state index contributed by atoms with van der Waals surface area (Å²) < 4.78 is 5.63. The molecule has 0 aliphatic carbocycles. The number of aliphatic hydroxyl groups excluding tert-OH is 2. The molecule has 0 saturated heterocycles. The second-order valence-electron chi connectivity index (χ2n) is 7.03. The first kappa shape index (κ1) is 20.6. The Kier molecular flexibility index (Phi) is 8.78. The van der Waals surface area contributed by atoms with Crippen LogP contribution in [0.25, 0.3) is 0 Å². The van der Waals surface area contributed by atoms with E-state index >= 15 is 0 Å². The molecule has 0 aromatic heterocycles. The van der Waals surface area contributed by atoms with Crippen LogP contribution in [0.4, 0.5) is 0 Å². The van der Waals surface area contributed by atoms with Crippen molar-refractivity contribution < 1.29 is 19.8 Å². The standard InChI is InChI=1S/C22H31NO3/c1-18(2)26-15-9-14-23(16-21(24)19-10-5-3-6-11-19)17-22(25)20-12-7-4-8-13-20/h3-8,10-13,18,21-22,24-25H,9,14-17H2,1-2H3/p+1/t21-,22+. The maximum Gasteiger partial charge on any atom is 0.128 e. The minimum absolute atomic E-state index is 0.225. The second-order valence-corrected chi connectivity index (χ2v) is 7.03. The Morgan fingerprint density at radius 3 is 1.69 bits per heavy atom. The van der Waals surface area contributed by atoms with Gasteiger partial charge in [0.1, 0.15) is 25.3 Å². The summed E-state index contributed by atoms with van der Waals surface area (Å²) in [5, 5.41) is 21.2. The number of hydrogen-bond acceptors (Lipinski definition) is 3. The van der Waals surface area contributed by atoms with Crippen molar-refractivity contribution in [3.05, 3.63) is 71.8 Å². The summed E-state index contributed by atoms with van der Waals surface area (Å²) in [6.07, 6.45) is 0.0416. The van der Waals surface area contributed by atoms with E-state index in [4.69, 9.17) is 4.74 Å². The molecule has 0 bridgehead atoms. The fourth-order valence-corrected chi connectivity index (χ4v) is 3.06. The van der Waals surface area contributed by atoms with Crippen LogP contribution < -0.4 is 4.90 Å². The lowest BCUT2D eigenvalue weighted by Crippen LogP contribution is -3.13. The first-order valence-electron chi connectivity index (χ1n) is 9.47. The number of quaternary nitrogens is 1. The topological polar surface area (TPSA) is 54.1 Å². The van der Waals surface area contributed by atoms with Crippen molar-refractivity contribution >= 4 is 0 Å². The summed E-state index contributed by atoms with van der Waals surface area (Å²) >= 11 is 0. The van der Waals surface area contributed by atoms with Gasteiger partial charge in [0.25, 0.3) is 0 Å². The zero-order valence-electron chi connectivity index (χ0n) is 15.8. The number of ether oxygens (including phenoxy) is 1. The number of rotatable bonds is 11. The fourth-order valence-electron chi connectivity index (χ4n) is 3.06. The maximum atomic E-state index is 10.6. The molecule has 26 heavy (non-hydrogen) atoms. The lowest BCUT2D eigenvalue weighted by Gasteiger charge is -2.25. The maximum absolute atomic E-state index is 10.6. The van der Waals surface area contributed by atoms with Gasteiger partial charge in [-0.2, -0.15) is 0 Å². The smallest absolute Gasteiger partial charge is 0.128 e. The zero-order chi connectivity index (χ0) is 18.8. The lowest BCUT2D eigenvalue weighted by molar-refractivity contribution is -0.908. The van der Waals surface area contributed by atoms with Crippen molar-refractivity contribution in [2.75, 3.05) is 26.2 Å². The van der Waals surface area contributed by atoms with E-state index in [0.29, 0.717) is 19.7 Å². The summed E-state index contributed by atoms with van der Waals surface area (Å²) in [6, 6.07) is 19.4. The van der Waals surface area contributed by atoms with Gasteiger partial charge in [0, 0.05) is 6.42 Å². The Morgan fingerprint density at radius 2 is 1.27 bits per heavy atom. The van der Waals surface area contributed by atoms with Crippen LogP contribution in [0, 0.1) is 0 Å². The molecule has 3 N–H and O–H groups in total. The van der Waals surface area contributed by atoms with Gasteiger partial charge < -0.3 is 19.8 Å². The van der Waals surface area contributed by atoms with E-state index < -0.39 is 12.2 Å². The Labute approximate surface area is 157 Å². The molecule has 0 amide bonds. The molecule has 1 unspecified atom stereocenters. The number of nitrogens with one attached hydrogen (secondary N) is 1. The van der Waals surface area contributed by atoms with Crippen LogP contribution in [0.3, 0.4) is 0 Å². The van der Waals surface area contributed by atoms with E-state index in [1.54, 1.807) is 0 Å². The molecule has 0 spiro atoms. The van der Waals surface area contributed by atoms with Crippen LogP contribution in [0.5, 0.6) is 0 Å². The first-order chi connectivity index (χ1) is 12.6.